The molecule has 15 heavy (non-hydrogen) atoms. The van der Waals surface area contributed by atoms with E-state index in [2.05, 4.69) is 30.3 Å². The smallest absolute Gasteiger partial charge is 0.0577 e. The minimum Gasteiger partial charge on any atom is -0.320 e. The highest BCUT2D eigenvalue weighted by Crippen LogP contribution is 2.25. The van der Waals surface area contributed by atoms with E-state index in [0.29, 0.717) is 0 Å². The highest BCUT2D eigenvalue weighted by Gasteiger charge is 2.12. The van der Waals surface area contributed by atoms with Crippen LogP contribution < -0.4 is 5.73 Å². The first-order valence-corrected chi connectivity index (χ1v) is 5.77. The third-order valence-corrected chi connectivity index (χ3v) is 3.40. The second kappa shape index (κ2) is 4.13. The highest BCUT2D eigenvalue weighted by atomic mass is 32.1. The minimum atomic E-state index is -0.0522. The average molecular weight is 218 g/mol. The molecule has 2 nitrogen and oxygen atoms in total. The van der Waals surface area contributed by atoms with Crippen molar-refractivity contribution in [2.75, 3.05) is 0 Å². The maximum Gasteiger partial charge on any atom is 0.0577 e. The zero-order valence-electron chi connectivity index (χ0n) is 8.90. The van der Waals surface area contributed by atoms with Crippen LogP contribution in [0.2, 0.25) is 0 Å². The van der Waals surface area contributed by atoms with Crippen molar-refractivity contribution in [3.05, 3.63) is 51.5 Å². The van der Waals surface area contributed by atoms with Gasteiger partial charge in [0.15, 0.2) is 0 Å². The molecule has 0 aliphatic rings. The average Bonchev–Trinajstić information content (AvgIpc) is 2.65. The predicted octanol–water partition coefficient (Wildman–Crippen LogP) is 2.81. The Kier molecular flexibility index (Phi) is 2.84. The van der Waals surface area contributed by atoms with Crippen molar-refractivity contribution in [1.29, 1.82) is 0 Å². The molecule has 2 aromatic rings. The van der Waals surface area contributed by atoms with Crippen LogP contribution in [-0.4, -0.2) is 4.98 Å². The summed E-state index contributed by atoms with van der Waals surface area (Å²) in [7, 11) is 0. The van der Waals surface area contributed by atoms with E-state index in [1.807, 2.05) is 12.3 Å². The normalized spacial score (nSPS) is 12.7. The van der Waals surface area contributed by atoms with Crippen LogP contribution in [0.15, 0.2) is 29.9 Å². The second-order valence-corrected chi connectivity index (χ2v) is 4.82. The molecule has 0 radical (unpaired) electrons. The molecule has 0 saturated heterocycles. The van der Waals surface area contributed by atoms with Crippen LogP contribution in [0.25, 0.3) is 0 Å². The third-order valence-electron chi connectivity index (χ3n) is 2.52. The first-order chi connectivity index (χ1) is 7.18. The Bertz CT molecular complexity index is 462. The lowest BCUT2D eigenvalue weighted by Crippen LogP contribution is -2.12. The molecule has 2 rings (SSSR count). The van der Waals surface area contributed by atoms with Gasteiger partial charge >= 0.3 is 0 Å². The molecule has 0 spiro atoms. The summed E-state index contributed by atoms with van der Waals surface area (Å²) in [6.07, 6.45) is 3.65. The molecule has 0 saturated carbocycles. The number of nitrogens with zero attached hydrogens (tertiary/aromatic N) is 1. The number of aryl methyl sites for hydroxylation is 2. The maximum absolute atomic E-state index is 6.20. The molecule has 0 fully saturated rings. The van der Waals surface area contributed by atoms with Crippen LogP contribution in [0.3, 0.4) is 0 Å². The summed E-state index contributed by atoms with van der Waals surface area (Å²) in [5.74, 6) is 0. The van der Waals surface area contributed by atoms with Gasteiger partial charge in [-0.05, 0) is 48.1 Å². The minimum absolute atomic E-state index is 0.0522. The summed E-state index contributed by atoms with van der Waals surface area (Å²) in [5.41, 5.74) is 9.67. The van der Waals surface area contributed by atoms with Gasteiger partial charge in [-0.1, -0.05) is 0 Å². The lowest BCUT2D eigenvalue weighted by atomic mass is 10.00. The van der Waals surface area contributed by atoms with E-state index in [0.717, 1.165) is 5.56 Å². The molecule has 2 heterocycles. The van der Waals surface area contributed by atoms with E-state index in [9.17, 15) is 0 Å². The van der Waals surface area contributed by atoms with E-state index < -0.39 is 0 Å². The van der Waals surface area contributed by atoms with Gasteiger partial charge in [0, 0.05) is 17.3 Å². The fraction of sp³-hybridized carbons (Fsp3) is 0.250. The number of pyridine rings is 1. The molecule has 1 atom stereocenters. The summed E-state index contributed by atoms with van der Waals surface area (Å²) < 4.78 is 0. The van der Waals surface area contributed by atoms with Crippen LogP contribution in [0.5, 0.6) is 0 Å². The Hall–Kier alpha value is -1.19. The molecule has 0 bridgehead atoms. The summed E-state index contributed by atoms with van der Waals surface area (Å²) in [5, 5.41) is 2.12. The van der Waals surface area contributed by atoms with Gasteiger partial charge in [-0.3, -0.25) is 4.98 Å². The molecule has 0 aromatic carbocycles. The van der Waals surface area contributed by atoms with Gasteiger partial charge < -0.3 is 5.73 Å². The maximum atomic E-state index is 6.20. The lowest BCUT2D eigenvalue weighted by Gasteiger charge is -2.12. The highest BCUT2D eigenvalue weighted by molar-refractivity contribution is 7.10. The van der Waals surface area contributed by atoms with Gasteiger partial charge in [0.2, 0.25) is 0 Å². The van der Waals surface area contributed by atoms with Crippen molar-refractivity contribution in [2.45, 2.75) is 19.9 Å². The predicted molar refractivity (Wildman–Crippen MR) is 64.1 cm³/mol. The summed E-state index contributed by atoms with van der Waals surface area (Å²) >= 11 is 1.73. The van der Waals surface area contributed by atoms with Crippen molar-refractivity contribution >= 4 is 11.3 Å². The number of nitrogens with two attached hydrogens (primary N) is 1. The van der Waals surface area contributed by atoms with Crippen molar-refractivity contribution in [3.8, 4) is 0 Å². The molecule has 2 aromatic heterocycles. The van der Waals surface area contributed by atoms with Crippen molar-refractivity contribution < 1.29 is 0 Å². The van der Waals surface area contributed by atoms with Gasteiger partial charge in [-0.25, -0.2) is 0 Å². The molecule has 1 unspecified atom stereocenters. The summed E-state index contributed by atoms with van der Waals surface area (Å²) in [4.78, 5) is 5.42. The number of hydrogen-bond acceptors (Lipinski definition) is 3. The SMILES string of the molecule is Cc1cc(C(N)c2cnccc2C)cs1. The largest absolute Gasteiger partial charge is 0.320 e. The van der Waals surface area contributed by atoms with Gasteiger partial charge in [0.1, 0.15) is 0 Å². The Labute approximate surface area is 93.8 Å². The first-order valence-electron chi connectivity index (χ1n) is 4.89. The summed E-state index contributed by atoms with van der Waals surface area (Å²) in [6.45, 7) is 4.16. The van der Waals surface area contributed by atoms with Crippen LogP contribution >= 0.6 is 11.3 Å². The van der Waals surface area contributed by atoms with Gasteiger partial charge in [0.05, 0.1) is 6.04 Å². The molecular formula is C12H14N2S. The Morgan fingerprint density at radius 3 is 2.80 bits per heavy atom. The lowest BCUT2D eigenvalue weighted by molar-refractivity contribution is 0.857. The van der Waals surface area contributed by atoms with Crippen LogP contribution in [0, 0.1) is 13.8 Å². The Morgan fingerprint density at radius 1 is 1.40 bits per heavy atom. The molecule has 2 N–H and O–H groups in total. The van der Waals surface area contributed by atoms with E-state index in [1.54, 1.807) is 17.5 Å². The molecule has 78 valence electrons. The van der Waals surface area contributed by atoms with E-state index in [1.165, 1.54) is 16.0 Å². The fourth-order valence-corrected chi connectivity index (χ4v) is 2.35. The zero-order valence-corrected chi connectivity index (χ0v) is 9.71. The van der Waals surface area contributed by atoms with Crippen molar-refractivity contribution in [3.63, 3.8) is 0 Å². The first kappa shape index (κ1) is 10.3. The van der Waals surface area contributed by atoms with Gasteiger partial charge in [0.25, 0.3) is 0 Å². The van der Waals surface area contributed by atoms with Crippen LogP contribution in [0.1, 0.15) is 27.6 Å². The van der Waals surface area contributed by atoms with Crippen molar-refractivity contribution in [2.24, 2.45) is 5.73 Å². The standard InChI is InChI=1S/C12H14N2S/c1-8-3-4-14-6-11(8)12(13)10-5-9(2)15-7-10/h3-7,12H,13H2,1-2H3. The van der Waals surface area contributed by atoms with E-state index >= 15 is 0 Å². The van der Waals surface area contributed by atoms with Crippen LogP contribution in [0.4, 0.5) is 0 Å². The van der Waals surface area contributed by atoms with Gasteiger partial charge in [-0.15, -0.1) is 11.3 Å². The Morgan fingerprint density at radius 2 is 2.20 bits per heavy atom. The third kappa shape index (κ3) is 2.08. The fourth-order valence-electron chi connectivity index (χ4n) is 1.61. The zero-order chi connectivity index (χ0) is 10.8. The topological polar surface area (TPSA) is 38.9 Å². The molecule has 3 heteroatoms. The quantitative estimate of drug-likeness (QED) is 0.841. The van der Waals surface area contributed by atoms with Gasteiger partial charge in [-0.2, -0.15) is 0 Å². The molecule has 0 aliphatic heterocycles. The molecule has 0 amide bonds. The van der Waals surface area contributed by atoms with Crippen LogP contribution in [-0.2, 0) is 0 Å². The molecule has 0 aliphatic carbocycles. The number of rotatable bonds is 2. The number of thiophene rings is 1. The number of aromatic nitrogens is 1. The monoisotopic (exact) mass is 218 g/mol. The second-order valence-electron chi connectivity index (χ2n) is 3.70. The summed E-state index contributed by atoms with van der Waals surface area (Å²) in [6, 6.07) is 4.08. The van der Waals surface area contributed by atoms with E-state index in [4.69, 9.17) is 5.73 Å². The van der Waals surface area contributed by atoms with Crippen molar-refractivity contribution in [1.82, 2.24) is 4.98 Å². The van der Waals surface area contributed by atoms with E-state index in [-0.39, 0.29) is 6.04 Å². The molecular weight excluding hydrogens is 204 g/mol. The number of hydrogen-bond donors (Lipinski definition) is 1. The Balaban J connectivity index is 2.36.